The molecule has 0 radical (unpaired) electrons. The number of hydrogen-bond donors (Lipinski definition) is 0. The number of piperazine rings is 2. The number of benzene rings is 3. The highest BCUT2D eigenvalue weighted by molar-refractivity contribution is 5.94. The van der Waals surface area contributed by atoms with Gasteiger partial charge < -0.3 is 19.3 Å². The Morgan fingerprint density at radius 3 is 2.29 bits per heavy atom. The maximum absolute atomic E-state index is 13.6. The van der Waals surface area contributed by atoms with Crippen LogP contribution < -0.4 is 0 Å². The highest BCUT2D eigenvalue weighted by Crippen LogP contribution is 2.28. The van der Waals surface area contributed by atoms with Crippen LogP contribution in [0, 0.1) is 20.8 Å². The quantitative estimate of drug-likeness (QED) is 0.154. The van der Waals surface area contributed by atoms with E-state index in [1.54, 1.807) is 0 Å². The molecule has 3 heterocycles. The number of fused-ring (bicyclic) bond motifs is 1. The molecule has 6 rings (SSSR count). The predicted molar refractivity (Wildman–Crippen MR) is 206 cm³/mol. The number of hydrogen-bond acceptors (Lipinski definition) is 4. The van der Waals surface area contributed by atoms with Gasteiger partial charge in [-0.25, -0.2) is 0 Å². The second kappa shape index (κ2) is 16.2. The Hall–Kier alpha value is -3.97. The zero-order valence-electron chi connectivity index (χ0n) is 30.3. The van der Waals surface area contributed by atoms with Crippen molar-refractivity contribution in [3.8, 4) is 0 Å². The fourth-order valence-corrected chi connectivity index (χ4v) is 7.67. The number of carbonyl (C=O) groups is 1. The van der Waals surface area contributed by atoms with E-state index in [0.29, 0.717) is 0 Å². The topological polar surface area (TPSA) is 35.0 Å². The molecule has 1 amide bonds. The van der Waals surface area contributed by atoms with Crippen molar-refractivity contribution in [2.75, 3.05) is 72.5 Å². The molecule has 6 heteroatoms. The van der Waals surface area contributed by atoms with Crippen molar-refractivity contribution >= 4 is 22.9 Å². The van der Waals surface area contributed by atoms with Gasteiger partial charge in [-0.15, -0.1) is 0 Å². The lowest BCUT2D eigenvalue weighted by molar-refractivity contribution is 0.0638. The summed E-state index contributed by atoms with van der Waals surface area (Å²) in [5.74, 6) is 0.146. The third kappa shape index (κ3) is 8.43. The number of aromatic nitrogens is 1. The second-order valence-corrected chi connectivity index (χ2v) is 14.2. The summed E-state index contributed by atoms with van der Waals surface area (Å²) in [7, 11) is 2.22. The molecular weight excluding hydrogens is 603 g/mol. The minimum absolute atomic E-state index is 0.146. The van der Waals surface area contributed by atoms with Gasteiger partial charge in [-0.1, -0.05) is 61.2 Å². The molecule has 4 aromatic rings. The van der Waals surface area contributed by atoms with E-state index in [2.05, 4.69) is 108 Å². The van der Waals surface area contributed by atoms with Crippen LogP contribution in [0.3, 0.4) is 0 Å². The molecule has 0 bridgehead atoms. The van der Waals surface area contributed by atoms with Gasteiger partial charge in [0.15, 0.2) is 0 Å². The van der Waals surface area contributed by atoms with E-state index in [1.807, 2.05) is 29.2 Å². The van der Waals surface area contributed by atoms with Crippen molar-refractivity contribution in [3.63, 3.8) is 0 Å². The Morgan fingerprint density at radius 1 is 0.796 bits per heavy atom. The van der Waals surface area contributed by atoms with Gasteiger partial charge in [-0.2, -0.15) is 0 Å². The molecule has 0 N–H and O–H groups in total. The summed E-state index contributed by atoms with van der Waals surface area (Å²) in [6, 6.07) is 21.8. The first-order valence-corrected chi connectivity index (χ1v) is 18.3. The lowest BCUT2D eigenvalue weighted by Gasteiger charge is -2.35. The molecule has 0 atom stereocenters. The lowest BCUT2D eigenvalue weighted by atomic mass is 9.98. The minimum Gasteiger partial charge on any atom is -0.345 e. The van der Waals surface area contributed by atoms with Crippen LogP contribution in [0.5, 0.6) is 0 Å². The second-order valence-electron chi connectivity index (χ2n) is 14.2. The average Bonchev–Trinajstić information content (AvgIpc) is 3.35. The normalized spacial score (nSPS) is 16.6. The van der Waals surface area contributed by atoms with Gasteiger partial charge >= 0.3 is 0 Å². The van der Waals surface area contributed by atoms with Gasteiger partial charge in [0, 0.05) is 87.6 Å². The van der Waals surface area contributed by atoms with E-state index in [4.69, 9.17) is 0 Å². The third-order valence-electron chi connectivity index (χ3n) is 10.9. The number of allylic oxidation sites excluding steroid dienone is 2. The number of aryl methyl sites for hydroxylation is 3. The first-order valence-electron chi connectivity index (χ1n) is 18.3. The van der Waals surface area contributed by atoms with Gasteiger partial charge in [0.2, 0.25) is 0 Å². The molecule has 2 aliphatic rings. The molecule has 1 aromatic heterocycles. The summed E-state index contributed by atoms with van der Waals surface area (Å²) in [5.41, 5.74) is 11.3. The molecule has 49 heavy (non-hydrogen) atoms. The summed E-state index contributed by atoms with van der Waals surface area (Å²) >= 11 is 0. The maximum atomic E-state index is 13.6. The number of carbonyl (C=O) groups excluding carboxylic acids is 1. The zero-order chi connectivity index (χ0) is 34.3. The summed E-state index contributed by atoms with van der Waals surface area (Å²) < 4.78 is 2.52. The minimum atomic E-state index is 0.146. The van der Waals surface area contributed by atoms with E-state index in [1.165, 1.54) is 82.6 Å². The van der Waals surface area contributed by atoms with Crippen LogP contribution in [-0.2, 0) is 19.4 Å². The van der Waals surface area contributed by atoms with Crippen LogP contribution in [0.25, 0.3) is 17.0 Å². The number of likely N-dealkylation sites (N-methyl/N-ethyl adjacent to an activating group) is 1. The van der Waals surface area contributed by atoms with Crippen LogP contribution in [0.1, 0.15) is 55.9 Å². The summed E-state index contributed by atoms with van der Waals surface area (Å²) in [6.07, 6.45) is 9.01. The highest BCUT2D eigenvalue weighted by Gasteiger charge is 2.23. The molecular formula is C43H55N5O. The summed E-state index contributed by atoms with van der Waals surface area (Å²) in [5, 5.41) is 1.35. The summed E-state index contributed by atoms with van der Waals surface area (Å²) in [4.78, 5) is 23.2. The van der Waals surface area contributed by atoms with E-state index in [9.17, 15) is 4.79 Å². The Labute approximate surface area is 294 Å². The average molecular weight is 658 g/mol. The Balaban J connectivity index is 1.03. The molecule has 2 saturated heterocycles. The Bertz CT molecular complexity index is 1790. The molecule has 258 valence electrons. The van der Waals surface area contributed by atoms with E-state index >= 15 is 0 Å². The molecule has 0 aliphatic carbocycles. The molecule has 3 aromatic carbocycles. The SMILES string of the molecule is C=C/C=C\c1c(C)cccc1CCN1CCN(C(=O)c2cccc(Cc3ccc4c(c3)c(C)c(C)n4CCCN3CCN(C)CC3)c2)CC1. The van der Waals surface area contributed by atoms with Gasteiger partial charge in [-0.05, 0) is 111 Å². The zero-order valence-corrected chi connectivity index (χ0v) is 30.3. The van der Waals surface area contributed by atoms with Crippen molar-refractivity contribution in [2.24, 2.45) is 0 Å². The van der Waals surface area contributed by atoms with Gasteiger partial charge in [-0.3, -0.25) is 9.69 Å². The van der Waals surface area contributed by atoms with E-state index in [0.717, 1.165) is 64.2 Å². The van der Waals surface area contributed by atoms with Gasteiger partial charge in [0.05, 0.1) is 0 Å². The van der Waals surface area contributed by atoms with E-state index in [-0.39, 0.29) is 5.91 Å². The number of amides is 1. The van der Waals surface area contributed by atoms with Crippen LogP contribution in [-0.4, -0.2) is 103 Å². The lowest BCUT2D eigenvalue weighted by Crippen LogP contribution is -2.49. The van der Waals surface area contributed by atoms with E-state index < -0.39 is 0 Å². The maximum Gasteiger partial charge on any atom is 0.253 e. The fourth-order valence-electron chi connectivity index (χ4n) is 7.67. The molecule has 6 nitrogen and oxygen atoms in total. The van der Waals surface area contributed by atoms with Gasteiger partial charge in [0.1, 0.15) is 0 Å². The van der Waals surface area contributed by atoms with Crippen LogP contribution in [0.15, 0.2) is 79.4 Å². The highest BCUT2D eigenvalue weighted by atomic mass is 16.2. The van der Waals surface area contributed by atoms with Crippen molar-refractivity contribution in [2.45, 2.75) is 46.6 Å². The first-order chi connectivity index (χ1) is 23.8. The first kappa shape index (κ1) is 34.9. The van der Waals surface area contributed by atoms with Crippen LogP contribution in [0.2, 0.25) is 0 Å². The van der Waals surface area contributed by atoms with Crippen molar-refractivity contribution < 1.29 is 4.79 Å². The number of nitrogens with zero attached hydrogens (tertiary/aromatic N) is 5. The molecule has 0 saturated carbocycles. The third-order valence-corrected chi connectivity index (χ3v) is 10.9. The Kier molecular flexibility index (Phi) is 11.5. The fraction of sp³-hybridized carbons (Fsp3) is 0.419. The van der Waals surface area contributed by atoms with Crippen molar-refractivity contribution in [1.29, 1.82) is 0 Å². The van der Waals surface area contributed by atoms with Crippen LogP contribution in [0.4, 0.5) is 0 Å². The standard InChI is InChI=1S/C43H55N5O/c1-6-7-15-40-33(2)11-8-13-38(40)18-21-46-26-28-47(29-27-46)43(49)39-14-9-12-36(31-39)30-37-16-17-42-41(32-37)34(3)35(4)48(42)20-10-19-45-24-22-44(5)23-25-45/h6-9,11-17,31-32H,1,10,18-30H2,2-5H3/b15-7-. The molecule has 0 spiro atoms. The monoisotopic (exact) mass is 657 g/mol. The predicted octanol–water partition coefficient (Wildman–Crippen LogP) is 6.99. The smallest absolute Gasteiger partial charge is 0.253 e. The Morgan fingerprint density at radius 2 is 1.51 bits per heavy atom. The number of rotatable bonds is 12. The van der Waals surface area contributed by atoms with Crippen molar-refractivity contribution in [3.05, 3.63) is 124 Å². The molecule has 2 fully saturated rings. The summed E-state index contributed by atoms with van der Waals surface area (Å²) in [6.45, 7) is 21.8. The molecule has 2 aliphatic heterocycles. The van der Waals surface area contributed by atoms with Crippen molar-refractivity contribution in [1.82, 2.24) is 24.2 Å². The van der Waals surface area contributed by atoms with Crippen LogP contribution >= 0.6 is 0 Å². The largest absolute Gasteiger partial charge is 0.345 e. The van der Waals surface area contributed by atoms with Gasteiger partial charge in [0.25, 0.3) is 5.91 Å². The molecule has 0 unspecified atom stereocenters.